The molecule has 0 unspecified atom stereocenters. The summed E-state index contributed by atoms with van der Waals surface area (Å²) < 4.78 is 5.97. The van der Waals surface area contributed by atoms with Crippen molar-refractivity contribution in [1.82, 2.24) is 9.80 Å². The fraction of sp³-hybridized carbons (Fsp3) is 0.417. The lowest BCUT2D eigenvalue weighted by Gasteiger charge is -2.33. The number of carbonyl (C=O) groups excluding carboxylic acids is 2. The molecule has 0 spiro atoms. The summed E-state index contributed by atoms with van der Waals surface area (Å²) in [4.78, 5) is 29.0. The van der Waals surface area contributed by atoms with Crippen molar-refractivity contribution in [1.29, 1.82) is 0 Å². The van der Waals surface area contributed by atoms with E-state index in [-0.39, 0.29) is 17.7 Å². The molecule has 0 bridgehead atoms. The Labute approximate surface area is 182 Å². The summed E-state index contributed by atoms with van der Waals surface area (Å²) in [5.74, 6) is 1.11. The minimum Gasteiger partial charge on any atom is -0.493 e. The Kier molecular flexibility index (Phi) is 6.58. The average Bonchev–Trinajstić information content (AvgIpc) is 3.33. The summed E-state index contributed by atoms with van der Waals surface area (Å²) in [6.45, 7) is 3.65. The van der Waals surface area contributed by atoms with Crippen LogP contribution in [0.15, 0.2) is 48.5 Å². The van der Waals surface area contributed by atoms with Crippen LogP contribution in [0.25, 0.3) is 0 Å². The van der Waals surface area contributed by atoms with Crippen LogP contribution in [0, 0.1) is 5.92 Å². The van der Waals surface area contributed by atoms with E-state index in [9.17, 15) is 9.59 Å². The average molecular weight is 427 g/mol. The Balaban J connectivity index is 1.31. The molecule has 0 aliphatic carbocycles. The van der Waals surface area contributed by atoms with Crippen LogP contribution in [-0.4, -0.2) is 54.4 Å². The Morgan fingerprint density at radius 3 is 2.33 bits per heavy atom. The molecular formula is C24H27ClN2O3. The second-order valence-electron chi connectivity index (χ2n) is 8.07. The largest absolute Gasteiger partial charge is 0.493 e. The van der Waals surface area contributed by atoms with Gasteiger partial charge in [-0.15, -0.1) is 0 Å². The van der Waals surface area contributed by atoms with Crippen molar-refractivity contribution in [2.24, 2.45) is 5.92 Å². The second kappa shape index (κ2) is 9.52. The van der Waals surface area contributed by atoms with E-state index in [0.717, 1.165) is 51.1 Å². The number of benzene rings is 2. The molecule has 2 aliphatic heterocycles. The molecule has 2 aromatic carbocycles. The van der Waals surface area contributed by atoms with Gasteiger partial charge in [-0.05, 0) is 62.1 Å². The SMILES string of the molecule is O=C(c1ccc(OC[C@@H]2CCCN(C(=O)c3ccccc3Cl)C2)cc1)N1CCCC1. The molecule has 0 aromatic heterocycles. The lowest BCUT2D eigenvalue weighted by atomic mass is 9.98. The third kappa shape index (κ3) is 4.78. The molecule has 0 saturated carbocycles. The van der Waals surface area contributed by atoms with Gasteiger partial charge in [0, 0.05) is 37.7 Å². The number of hydrogen-bond donors (Lipinski definition) is 0. The molecule has 2 amide bonds. The fourth-order valence-corrected chi connectivity index (χ4v) is 4.42. The van der Waals surface area contributed by atoms with Crippen LogP contribution in [0.4, 0.5) is 0 Å². The normalized spacial score (nSPS) is 19.0. The van der Waals surface area contributed by atoms with E-state index in [1.165, 1.54) is 0 Å². The lowest BCUT2D eigenvalue weighted by Crippen LogP contribution is -2.41. The Hall–Kier alpha value is -2.53. The van der Waals surface area contributed by atoms with Gasteiger partial charge in [0.05, 0.1) is 17.2 Å². The van der Waals surface area contributed by atoms with Gasteiger partial charge in [0.25, 0.3) is 11.8 Å². The zero-order chi connectivity index (χ0) is 20.9. The van der Waals surface area contributed by atoms with Crippen molar-refractivity contribution in [3.63, 3.8) is 0 Å². The molecule has 2 aromatic rings. The van der Waals surface area contributed by atoms with E-state index in [1.807, 2.05) is 46.2 Å². The minimum atomic E-state index is -0.0184. The molecule has 1 atom stereocenters. The van der Waals surface area contributed by atoms with Gasteiger partial charge in [-0.2, -0.15) is 0 Å². The Morgan fingerprint density at radius 1 is 0.900 bits per heavy atom. The van der Waals surface area contributed by atoms with Crippen LogP contribution in [0.3, 0.4) is 0 Å². The van der Waals surface area contributed by atoms with Crippen LogP contribution in [0.2, 0.25) is 5.02 Å². The zero-order valence-electron chi connectivity index (χ0n) is 17.1. The van der Waals surface area contributed by atoms with Gasteiger partial charge >= 0.3 is 0 Å². The van der Waals surface area contributed by atoms with Crippen LogP contribution in [-0.2, 0) is 0 Å². The Morgan fingerprint density at radius 2 is 1.60 bits per heavy atom. The van der Waals surface area contributed by atoms with Gasteiger partial charge in [0.15, 0.2) is 0 Å². The number of piperidine rings is 1. The summed E-state index contributed by atoms with van der Waals surface area (Å²) >= 11 is 6.19. The molecule has 0 N–H and O–H groups in total. The van der Waals surface area contributed by atoms with Crippen molar-refractivity contribution < 1.29 is 14.3 Å². The van der Waals surface area contributed by atoms with Crippen LogP contribution >= 0.6 is 11.6 Å². The summed E-state index contributed by atoms with van der Waals surface area (Å²) in [6.07, 6.45) is 4.15. The maximum atomic E-state index is 12.8. The third-order valence-electron chi connectivity index (χ3n) is 5.89. The van der Waals surface area contributed by atoms with Gasteiger partial charge in [-0.1, -0.05) is 23.7 Å². The first-order valence-corrected chi connectivity index (χ1v) is 11.1. The molecule has 6 heteroatoms. The van der Waals surface area contributed by atoms with E-state index in [4.69, 9.17) is 16.3 Å². The predicted octanol–water partition coefficient (Wildman–Crippen LogP) is 4.51. The molecule has 2 fully saturated rings. The first kappa shape index (κ1) is 20.7. The molecule has 30 heavy (non-hydrogen) atoms. The first-order valence-electron chi connectivity index (χ1n) is 10.7. The number of hydrogen-bond acceptors (Lipinski definition) is 3. The number of nitrogens with zero attached hydrogens (tertiary/aromatic N) is 2. The van der Waals surface area contributed by atoms with Crippen molar-refractivity contribution in [3.05, 3.63) is 64.7 Å². The minimum absolute atomic E-state index is 0.0184. The molecule has 2 heterocycles. The molecule has 2 aliphatic rings. The van der Waals surface area contributed by atoms with Crippen LogP contribution in [0.5, 0.6) is 5.75 Å². The highest BCUT2D eigenvalue weighted by molar-refractivity contribution is 6.33. The maximum Gasteiger partial charge on any atom is 0.255 e. The highest BCUT2D eigenvalue weighted by Gasteiger charge is 2.26. The topological polar surface area (TPSA) is 49.9 Å². The number of carbonyl (C=O) groups is 2. The van der Waals surface area contributed by atoms with E-state index in [0.29, 0.717) is 29.3 Å². The van der Waals surface area contributed by atoms with Gasteiger partial charge in [-0.25, -0.2) is 0 Å². The number of halogens is 1. The summed E-state index contributed by atoms with van der Waals surface area (Å²) in [5, 5.41) is 0.490. The molecule has 4 rings (SSSR count). The van der Waals surface area contributed by atoms with Gasteiger partial charge in [-0.3, -0.25) is 9.59 Å². The number of ether oxygens (including phenoxy) is 1. The van der Waals surface area contributed by atoms with Crippen molar-refractivity contribution in [3.8, 4) is 5.75 Å². The molecule has 2 saturated heterocycles. The highest BCUT2D eigenvalue weighted by atomic mass is 35.5. The predicted molar refractivity (Wildman–Crippen MR) is 117 cm³/mol. The molecule has 158 valence electrons. The maximum absolute atomic E-state index is 12.8. The standard InChI is InChI=1S/C24H27ClN2O3/c25-22-8-2-1-7-21(22)24(29)27-15-5-6-18(16-27)17-30-20-11-9-19(10-12-20)23(28)26-13-3-4-14-26/h1-2,7-12,18H,3-6,13-17H2/t18-/m1/s1. The van der Waals surface area contributed by atoms with E-state index >= 15 is 0 Å². The van der Waals surface area contributed by atoms with Crippen LogP contribution < -0.4 is 4.74 Å². The highest BCUT2D eigenvalue weighted by Crippen LogP contribution is 2.23. The smallest absolute Gasteiger partial charge is 0.255 e. The monoisotopic (exact) mass is 426 g/mol. The summed E-state index contributed by atoms with van der Waals surface area (Å²) in [7, 11) is 0. The van der Waals surface area contributed by atoms with Gasteiger partial charge in [0.1, 0.15) is 5.75 Å². The van der Waals surface area contributed by atoms with Crippen molar-refractivity contribution in [2.45, 2.75) is 25.7 Å². The van der Waals surface area contributed by atoms with Gasteiger partial charge in [0.2, 0.25) is 0 Å². The van der Waals surface area contributed by atoms with Crippen molar-refractivity contribution in [2.75, 3.05) is 32.8 Å². The third-order valence-corrected chi connectivity index (χ3v) is 6.22. The Bertz CT molecular complexity index is 894. The fourth-order valence-electron chi connectivity index (χ4n) is 4.20. The van der Waals surface area contributed by atoms with E-state index in [2.05, 4.69) is 0 Å². The summed E-state index contributed by atoms with van der Waals surface area (Å²) in [5.41, 5.74) is 1.26. The van der Waals surface area contributed by atoms with E-state index < -0.39 is 0 Å². The molecular weight excluding hydrogens is 400 g/mol. The summed E-state index contributed by atoms with van der Waals surface area (Å²) in [6, 6.07) is 14.6. The lowest BCUT2D eigenvalue weighted by molar-refractivity contribution is 0.0633. The van der Waals surface area contributed by atoms with Gasteiger partial charge < -0.3 is 14.5 Å². The number of rotatable bonds is 5. The quantitative estimate of drug-likeness (QED) is 0.706. The molecule has 0 radical (unpaired) electrons. The zero-order valence-corrected chi connectivity index (χ0v) is 17.8. The number of likely N-dealkylation sites (tertiary alicyclic amines) is 2. The number of amides is 2. The van der Waals surface area contributed by atoms with E-state index in [1.54, 1.807) is 12.1 Å². The first-order chi connectivity index (χ1) is 14.6. The second-order valence-corrected chi connectivity index (χ2v) is 8.48. The van der Waals surface area contributed by atoms with Crippen molar-refractivity contribution >= 4 is 23.4 Å². The van der Waals surface area contributed by atoms with Crippen LogP contribution in [0.1, 0.15) is 46.4 Å². The molecule has 5 nitrogen and oxygen atoms in total.